The highest BCUT2D eigenvalue weighted by Crippen LogP contribution is 2.28. The second-order valence-electron chi connectivity index (χ2n) is 6.40. The quantitative estimate of drug-likeness (QED) is 0.515. The van der Waals surface area contributed by atoms with Gasteiger partial charge in [0.1, 0.15) is 10.7 Å². The summed E-state index contributed by atoms with van der Waals surface area (Å²) in [4.78, 5) is 25.3. The van der Waals surface area contributed by atoms with E-state index in [1.807, 2.05) is 0 Å². The number of ether oxygens (including phenoxy) is 1. The molecule has 11 heteroatoms. The molecular weight excluding hydrogens is 470 g/mol. The number of sulfonamides is 1. The molecule has 0 aliphatic heterocycles. The lowest BCUT2D eigenvalue weighted by atomic mass is 10.2. The van der Waals surface area contributed by atoms with E-state index < -0.39 is 34.3 Å². The van der Waals surface area contributed by atoms with Gasteiger partial charge in [-0.2, -0.15) is 0 Å². The topological polar surface area (TPSA) is 92.8 Å². The third-order valence-corrected chi connectivity index (χ3v) is 6.58. The molecule has 0 saturated carbocycles. The number of hydrogen-bond donors (Lipinski definition) is 1. The average Bonchev–Trinajstić information content (AvgIpc) is 2.69. The number of esters is 1. The Morgan fingerprint density at radius 3 is 2.39 bits per heavy atom. The lowest BCUT2D eigenvalue weighted by Crippen LogP contribution is -2.34. The van der Waals surface area contributed by atoms with Crippen molar-refractivity contribution in [3.63, 3.8) is 0 Å². The van der Waals surface area contributed by atoms with Gasteiger partial charge in [0.15, 0.2) is 6.61 Å². The number of amides is 1. The Balaban J connectivity index is 1.82. The number of carbonyl (C=O) groups is 2. The van der Waals surface area contributed by atoms with E-state index in [0.29, 0.717) is 12.1 Å². The molecule has 1 amide bonds. The Morgan fingerprint density at radius 1 is 1.13 bits per heavy atom. The molecule has 0 radical (unpaired) electrons. The van der Waals surface area contributed by atoms with Crippen LogP contribution in [0.3, 0.4) is 0 Å². The van der Waals surface area contributed by atoms with E-state index in [2.05, 4.69) is 4.72 Å². The van der Waals surface area contributed by atoms with Gasteiger partial charge in [-0.05, 0) is 36.8 Å². The molecule has 31 heavy (non-hydrogen) atoms. The Hall–Kier alpha value is -2.20. The van der Waals surface area contributed by atoms with Gasteiger partial charge < -0.3 is 9.64 Å². The minimum absolute atomic E-state index is 0.0499. The molecule has 0 unspecified atom stereocenters. The summed E-state index contributed by atoms with van der Waals surface area (Å²) in [7, 11) is -4.03. The van der Waals surface area contributed by atoms with Crippen LogP contribution in [0.2, 0.25) is 10.0 Å². The predicted octanol–water partition coefficient (Wildman–Crippen LogP) is 3.39. The van der Waals surface area contributed by atoms with E-state index in [1.165, 1.54) is 35.2 Å². The number of hydrogen-bond acceptors (Lipinski definition) is 5. The van der Waals surface area contributed by atoms with Crippen molar-refractivity contribution < 1.29 is 27.1 Å². The van der Waals surface area contributed by atoms with Crippen LogP contribution in [0.4, 0.5) is 4.39 Å². The predicted molar refractivity (Wildman–Crippen MR) is 115 cm³/mol. The monoisotopic (exact) mass is 490 g/mol. The van der Waals surface area contributed by atoms with Gasteiger partial charge in [-0.3, -0.25) is 9.59 Å². The van der Waals surface area contributed by atoms with Crippen LogP contribution in [0.5, 0.6) is 0 Å². The van der Waals surface area contributed by atoms with E-state index in [4.69, 9.17) is 27.9 Å². The molecule has 0 heterocycles. The molecule has 2 aromatic carbocycles. The molecule has 0 fully saturated rings. The number of nitrogens with one attached hydrogen (secondary N) is 1. The van der Waals surface area contributed by atoms with Crippen molar-refractivity contribution in [3.05, 3.63) is 63.9 Å². The van der Waals surface area contributed by atoms with Gasteiger partial charge in [0, 0.05) is 19.6 Å². The van der Waals surface area contributed by atoms with Crippen LogP contribution >= 0.6 is 23.2 Å². The Kier molecular flexibility index (Phi) is 9.24. The van der Waals surface area contributed by atoms with E-state index in [0.717, 1.165) is 0 Å². The lowest BCUT2D eigenvalue weighted by molar-refractivity contribution is -0.152. The molecular formula is C20H21Cl2FN2O5S. The SMILES string of the molecule is CCN(Cc1cccc(F)c1)C(=O)COC(=O)CCNS(=O)(=O)c1c(Cl)cccc1Cl. The van der Waals surface area contributed by atoms with Crippen molar-refractivity contribution in [3.8, 4) is 0 Å². The number of rotatable bonds is 10. The van der Waals surface area contributed by atoms with Crippen molar-refractivity contribution in [2.24, 2.45) is 0 Å². The third-order valence-electron chi connectivity index (χ3n) is 4.16. The molecule has 2 aromatic rings. The highest BCUT2D eigenvalue weighted by molar-refractivity contribution is 7.89. The van der Waals surface area contributed by atoms with E-state index in [1.54, 1.807) is 19.1 Å². The Labute approximate surface area is 190 Å². The van der Waals surface area contributed by atoms with Gasteiger partial charge in [-0.25, -0.2) is 17.5 Å². The fourth-order valence-corrected chi connectivity index (χ4v) is 4.81. The maximum Gasteiger partial charge on any atom is 0.307 e. The smallest absolute Gasteiger partial charge is 0.307 e. The first kappa shape index (κ1) is 25.1. The molecule has 1 N–H and O–H groups in total. The van der Waals surface area contributed by atoms with E-state index in [9.17, 15) is 22.4 Å². The molecule has 168 valence electrons. The summed E-state index contributed by atoms with van der Waals surface area (Å²) in [6.45, 7) is 1.48. The third kappa shape index (κ3) is 7.46. The highest BCUT2D eigenvalue weighted by Gasteiger charge is 2.22. The van der Waals surface area contributed by atoms with Crippen molar-refractivity contribution in [2.75, 3.05) is 19.7 Å². The molecule has 0 aromatic heterocycles. The fraction of sp³-hybridized carbons (Fsp3) is 0.300. The second kappa shape index (κ2) is 11.4. The highest BCUT2D eigenvalue weighted by atomic mass is 35.5. The minimum atomic E-state index is -4.03. The summed E-state index contributed by atoms with van der Waals surface area (Å²) < 4.78 is 45.1. The number of carbonyl (C=O) groups excluding carboxylic acids is 2. The zero-order valence-electron chi connectivity index (χ0n) is 16.6. The van der Waals surface area contributed by atoms with Crippen LogP contribution < -0.4 is 4.72 Å². The van der Waals surface area contributed by atoms with Gasteiger partial charge in [-0.15, -0.1) is 0 Å². The van der Waals surface area contributed by atoms with E-state index >= 15 is 0 Å². The molecule has 0 atom stereocenters. The molecule has 0 bridgehead atoms. The van der Waals surface area contributed by atoms with Crippen LogP contribution in [0.25, 0.3) is 0 Å². The number of likely N-dealkylation sites (N-methyl/N-ethyl adjacent to an activating group) is 1. The Morgan fingerprint density at radius 2 is 1.77 bits per heavy atom. The lowest BCUT2D eigenvalue weighted by Gasteiger charge is -2.21. The van der Waals surface area contributed by atoms with Crippen LogP contribution in [0.1, 0.15) is 18.9 Å². The molecule has 7 nitrogen and oxygen atoms in total. The van der Waals surface area contributed by atoms with Gasteiger partial charge in [0.2, 0.25) is 10.0 Å². The zero-order valence-corrected chi connectivity index (χ0v) is 18.9. The number of nitrogens with zero attached hydrogens (tertiary/aromatic N) is 1. The average molecular weight is 491 g/mol. The standard InChI is InChI=1S/C20H21Cl2FN2O5S/c1-2-25(12-14-5-3-6-15(23)11-14)18(26)13-30-19(27)9-10-24-31(28,29)20-16(21)7-4-8-17(20)22/h3-8,11,24H,2,9-10,12-13H2,1H3. The summed E-state index contributed by atoms with van der Waals surface area (Å²) in [5.41, 5.74) is 0.606. The van der Waals surface area contributed by atoms with Crippen molar-refractivity contribution in [1.82, 2.24) is 9.62 Å². The largest absolute Gasteiger partial charge is 0.456 e. The molecule has 0 aliphatic rings. The van der Waals surface area contributed by atoms with Gasteiger partial charge in [0.05, 0.1) is 16.5 Å². The first-order chi connectivity index (χ1) is 14.6. The van der Waals surface area contributed by atoms with Crippen molar-refractivity contribution in [1.29, 1.82) is 0 Å². The maximum atomic E-state index is 13.3. The van der Waals surface area contributed by atoms with Gasteiger partial charge in [-0.1, -0.05) is 41.4 Å². The maximum absolute atomic E-state index is 13.3. The van der Waals surface area contributed by atoms with Gasteiger partial charge >= 0.3 is 5.97 Å². The Bertz CT molecular complexity index is 1030. The van der Waals surface area contributed by atoms with E-state index in [-0.39, 0.29) is 34.5 Å². The fourth-order valence-electron chi connectivity index (χ4n) is 2.64. The normalized spacial score (nSPS) is 11.2. The molecule has 0 saturated heterocycles. The molecule has 2 rings (SSSR count). The first-order valence-electron chi connectivity index (χ1n) is 9.25. The minimum Gasteiger partial charge on any atom is -0.456 e. The van der Waals surface area contributed by atoms with Crippen LogP contribution in [-0.2, 0) is 30.9 Å². The van der Waals surface area contributed by atoms with Crippen molar-refractivity contribution >= 4 is 45.1 Å². The summed E-state index contributed by atoms with van der Waals surface area (Å²) >= 11 is 11.8. The van der Waals surface area contributed by atoms with Crippen molar-refractivity contribution in [2.45, 2.75) is 24.8 Å². The first-order valence-corrected chi connectivity index (χ1v) is 11.5. The number of benzene rings is 2. The summed E-state index contributed by atoms with van der Waals surface area (Å²) in [5, 5.41) is -0.0998. The van der Waals surface area contributed by atoms with Crippen LogP contribution in [-0.4, -0.2) is 44.9 Å². The zero-order chi connectivity index (χ0) is 23.0. The summed E-state index contributed by atoms with van der Waals surface area (Å²) in [6.07, 6.45) is -0.301. The van der Waals surface area contributed by atoms with Crippen LogP contribution in [0.15, 0.2) is 47.4 Å². The number of halogens is 3. The summed E-state index contributed by atoms with van der Waals surface area (Å²) in [5.74, 6) is -1.63. The summed E-state index contributed by atoms with van der Waals surface area (Å²) in [6, 6.07) is 10.1. The second-order valence-corrected chi connectivity index (χ2v) is 8.92. The van der Waals surface area contributed by atoms with Crippen LogP contribution in [0, 0.1) is 5.82 Å². The molecule has 0 spiro atoms. The van der Waals surface area contributed by atoms with Gasteiger partial charge in [0.25, 0.3) is 5.91 Å². The molecule has 0 aliphatic carbocycles.